The quantitative estimate of drug-likeness (QED) is 0.0222. The molecule has 0 aliphatic carbocycles. The summed E-state index contributed by atoms with van der Waals surface area (Å²) in [4.78, 5) is 123. The minimum Gasteiger partial charge on any atom is -0.481 e. The minimum absolute atomic E-state index is 0.0351. The lowest BCUT2D eigenvalue weighted by Gasteiger charge is -2.24. The van der Waals surface area contributed by atoms with E-state index in [4.69, 9.17) is 32.5 Å². The molecule has 0 saturated carbocycles. The van der Waals surface area contributed by atoms with E-state index in [0.717, 1.165) is 0 Å². The van der Waals surface area contributed by atoms with Crippen LogP contribution in [0.1, 0.15) is 44.9 Å². The van der Waals surface area contributed by atoms with Gasteiger partial charge in [0.2, 0.25) is 35.4 Å². The van der Waals surface area contributed by atoms with Gasteiger partial charge in [0.05, 0.1) is 32.2 Å². The van der Waals surface area contributed by atoms with E-state index in [2.05, 4.69) is 31.6 Å². The highest BCUT2D eigenvalue weighted by atomic mass is 16.4. The Morgan fingerprint density at radius 3 is 1.62 bits per heavy atom. The molecular formula is C27H44N10O15. The first-order valence-electron chi connectivity index (χ1n) is 15.3. The second-order valence-corrected chi connectivity index (χ2v) is 10.8. The molecule has 0 radical (unpaired) electrons. The Hall–Kier alpha value is -6.11. The van der Waals surface area contributed by atoms with Gasteiger partial charge in [0.1, 0.15) is 24.2 Å². The molecule has 52 heavy (non-hydrogen) atoms. The van der Waals surface area contributed by atoms with Gasteiger partial charge in [-0.15, -0.1) is 0 Å². The molecule has 0 aromatic heterocycles. The van der Waals surface area contributed by atoms with Crippen LogP contribution in [-0.4, -0.2) is 147 Å². The number of guanidine groups is 1. The summed E-state index contributed by atoms with van der Waals surface area (Å²) >= 11 is 0. The Labute approximate surface area is 294 Å². The zero-order valence-corrected chi connectivity index (χ0v) is 27.7. The van der Waals surface area contributed by atoms with Gasteiger partial charge in [0, 0.05) is 19.4 Å². The van der Waals surface area contributed by atoms with Gasteiger partial charge in [-0.3, -0.25) is 48.1 Å². The van der Waals surface area contributed by atoms with Crippen molar-refractivity contribution in [2.24, 2.45) is 22.2 Å². The monoisotopic (exact) mass is 748 g/mol. The maximum atomic E-state index is 13.1. The molecule has 292 valence electrons. The topological polar surface area (TPSA) is 434 Å². The number of nitrogens with one attached hydrogen (secondary N) is 6. The van der Waals surface area contributed by atoms with E-state index in [9.17, 15) is 58.2 Å². The van der Waals surface area contributed by atoms with E-state index in [1.54, 1.807) is 0 Å². The molecule has 0 aromatic carbocycles. The fourth-order valence-corrected chi connectivity index (χ4v) is 3.89. The fourth-order valence-electron chi connectivity index (χ4n) is 3.89. The van der Waals surface area contributed by atoms with Crippen molar-refractivity contribution in [2.75, 3.05) is 26.2 Å². The molecule has 0 heterocycles. The number of rotatable bonds is 26. The maximum Gasteiger partial charge on any atom is 0.326 e. The van der Waals surface area contributed by atoms with Gasteiger partial charge in [-0.05, 0) is 25.7 Å². The molecule has 6 amide bonds. The predicted octanol–water partition coefficient (Wildman–Crippen LogP) is -7.18. The number of nitrogens with two attached hydrogens (primary N) is 3. The van der Waals surface area contributed by atoms with Gasteiger partial charge in [-0.1, -0.05) is 0 Å². The number of carboxylic acids is 4. The molecule has 0 spiro atoms. The maximum absolute atomic E-state index is 13.1. The second-order valence-electron chi connectivity index (χ2n) is 10.8. The molecule has 25 nitrogen and oxygen atoms in total. The van der Waals surface area contributed by atoms with E-state index >= 15 is 0 Å². The van der Waals surface area contributed by atoms with Crippen molar-refractivity contribution in [3.8, 4) is 0 Å². The molecule has 0 bridgehead atoms. The van der Waals surface area contributed by atoms with Crippen molar-refractivity contribution in [1.29, 1.82) is 0 Å². The third-order valence-corrected chi connectivity index (χ3v) is 6.56. The first-order valence-corrected chi connectivity index (χ1v) is 15.3. The van der Waals surface area contributed by atoms with E-state index in [1.165, 1.54) is 0 Å². The number of aliphatic carboxylic acids is 4. The number of nitrogens with zero attached hydrogens (tertiary/aromatic N) is 1. The number of carboxylic acid groups (broad SMARTS) is 4. The number of amides is 6. The Balaban J connectivity index is 5.47. The minimum atomic E-state index is -1.89. The fraction of sp³-hybridized carbons (Fsp3) is 0.593. The smallest absolute Gasteiger partial charge is 0.326 e. The summed E-state index contributed by atoms with van der Waals surface area (Å²) in [5, 5.41) is 58.1. The van der Waals surface area contributed by atoms with Gasteiger partial charge in [-0.25, -0.2) is 4.79 Å². The number of hydrogen-bond acceptors (Lipinski definition) is 13. The second kappa shape index (κ2) is 24.1. The van der Waals surface area contributed by atoms with E-state index in [0.29, 0.717) is 0 Å². The zero-order valence-electron chi connectivity index (χ0n) is 27.7. The molecule has 0 aliphatic heterocycles. The van der Waals surface area contributed by atoms with Crippen LogP contribution in [0.25, 0.3) is 0 Å². The Morgan fingerprint density at radius 2 is 1.10 bits per heavy atom. The van der Waals surface area contributed by atoms with Gasteiger partial charge in [-0.2, -0.15) is 0 Å². The lowest BCUT2D eigenvalue weighted by atomic mass is 10.1. The van der Waals surface area contributed by atoms with Crippen LogP contribution < -0.4 is 49.1 Å². The van der Waals surface area contributed by atoms with Gasteiger partial charge in [0.15, 0.2) is 5.96 Å². The van der Waals surface area contributed by atoms with Crippen molar-refractivity contribution in [2.45, 2.75) is 75.2 Å². The summed E-state index contributed by atoms with van der Waals surface area (Å²) in [6, 6.07) is -7.94. The number of aliphatic imine (C=N–C) groups is 1. The summed E-state index contributed by atoms with van der Waals surface area (Å²) in [5.41, 5.74) is 16.1. The van der Waals surface area contributed by atoms with Crippen LogP contribution in [0, 0.1) is 0 Å². The SMILES string of the molecule is NC(N)=NCCC[C@H](NC(=O)[C@H](CCC(=O)O)NC(=O)CNC(=O)CNC(=O)[C@H](CO)NC(=O)[C@@H](N)CCC(=O)O)C(=O)N[C@@H](CC(=O)O)C(=O)O. The molecule has 0 aliphatic rings. The zero-order chi connectivity index (χ0) is 40.0. The van der Waals surface area contributed by atoms with Crippen molar-refractivity contribution in [3.05, 3.63) is 0 Å². The van der Waals surface area contributed by atoms with Crippen molar-refractivity contribution in [1.82, 2.24) is 31.9 Å². The van der Waals surface area contributed by atoms with Crippen molar-refractivity contribution < 1.29 is 73.5 Å². The summed E-state index contributed by atoms with van der Waals surface area (Å²) < 4.78 is 0. The lowest BCUT2D eigenvalue weighted by molar-refractivity contribution is -0.147. The number of aliphatic hydroxyl groups is 1. The largest absolute Gasteiger partial charge is 0.481 e. The standard InChI is InChI=1S/C27H44N10O15/c28-12(3-5-19(41)42)22(47)37-16(11-38)23(48)33-9-17(39)32-10-18(40)34-14(4-6-20(43)44)25(50)35-13(2-1-7-31-27(29)30)24(49)36-15(26(51)52)8-21(45)46/h12-16,38H,1-11,28H2,(H,32,39)(H,33,48)(H,34,40)(H,35,50)(H,36,49)(H,37,47)(H,41,42)(H,43,44)(H,45,46)(H,51,52)(H4,29,30,31)/t12-,13-,14-,15-,16-/m0/s1. The molecule has 0 unspecified atom stereocenters. The summed E-state index contributed by atoms with van der Waals surface area (Å²) in [6.07, 6.45) is -3.08. The third-order valence-electron chi connectivity index (χ3n) is 6.56. The number of carbonyl (C=O) groups is 10. The van der Waals surface area contributed by atoms with Gasteiger partial charge >= 0.3 is 23.9 Å². The summed E-state index contributed by atoms with van der Waals surface area (Å²) in [7, 11) is 0. The number of carbonyl (C=O) groups excluding carboxylic acids is 6. The molecule has 0 aromatic rings. The van der Waals surface area contributed by atoms with Gasteiger partial charge < -0.3 is 74.6 Å². The van der Waals surface area contributed by atoms with Crippen molar-refractivity contribution in [3.63, 3.8) is 0 Å². The summed E-state index contributed by atoms with van der Waals surface area (Å²) in [6.45, 7) is -2.56. The lowest BCUT2D eigenvalue weighted by Crippen LogP contribution is -2.57. The number of hydrogen-bond donors (Lipinski definition) is 14. The van der Waals surface area contributed by atoms with E-state index < -0.39 is 135 Å². The predicted molar refractivity (Wildman–Crippen MR) is 172 cm³/mol. The Kier molecular flexibility index (Phi) is 21.3. The Morgan fingerprint density at radius 1 is 0.577 bits per heavy atom. The average Bonchev–Trinajstić information content (AvgIpc) is 3.05. The first-order chi connectivity index (χ1) is 24.3. The molecule has 0 rings (SSSR count). The van der Waals surface area contributed by atoms with Crippen LogP contribution >= 0.6 is 0 Å². The van der Waals surface area contributed by atoms with Crippen LogP contribution in [0.4, 0.5) is 0 Å². The van der Waals surface area contributed by atoms with E-state index in [-0.39, 0.29) is 31.8 Å². The van der Waals surface area contributed by atoms with Crippen molar-refractivity contribution >= 4 is 65.3 Å². The Bertz CT molecular complexity index is 1350. The van der Waals surface area contributed by atoms with Crippen LogP contribution in [0.15, 0.2) is 4.99 Å². The highest BCUT2D eigenvalue weighted by Crippen LogP contribution is 2.05. The molecule has 0 fully saturated rings. The average molecular weight is 749 g/mol. The first kappa shape index (κ1) is 45.9. The molecule has 5 atom stereocenters. The highest BCUT2D eigenvalue weighted by Gasteiger charge is 2.31. The van der Waals surface area contributed by atoms with Crippen LogP contribution in [0.5, 0.6) is 0 Å². The molecular weight excluding hydrogens is 704 g/mol. The number of aliphatic hydroxyl groups excluding tert-OH is 1. The highest BCUT2D eigenvalue weighted by molar-refractivity contribution is 5.96. The van der Waals surface area contributed by atoms with Crippen LogP contribution in [0.3, 0.4) is 0 Å². The third kappa shape index (κ3) is 20.4. The summed E-state index contributed by atoms with van der Waals surface area (Å²) in [5.74, 6) is -12.4. The molecule has 0 saturated heterocycles. The molecule has 25 heteroatoms. The molecule has 17 N–H and O–H groups in total. The van der Waals surface area contributed by atoms with E-state index in [1.807, 2.05) is 5.32 Å². The van der Waals surface area contributed by atoms with Gasteiger partial charge in [0.25, 0.3) is 0 Å². The van der Waals surface area contributed by atoms with Crippen LogP contribution in [-0.2, 0) is 47.9 Å². The normalized spacial score (nSPS) is 13.3. The van der Waals surface area contributed by atoms with Crippen LogP contribution in [0.2, 0.25) is 0 Å².